The van der Waals surface area contributed by atoms with Crippen LogP contribution in [0.3, 0.4) is 0 Å². The molecule has 0 amide bonds. The molecule has 2 rings (SSSR count). The molecule has 1 atom stereocenters. The van der Waals surface area contributed by atoms with E-state index < -0.39 is 11.9 Å². The first-order valence-corrected chi connectivity index (χ1v) is 5.62. The fourth-order valence-corrected chi connectivity index (χ4v) is 2.47. The molecule has 0 aromatic carbocycles. The predicted molar refractivity (Wildman–Crippen MR) is 59.3 cm³/mol. The van der Waals surface area contributed by atoms with E-state index >= 15 is 0 Å². The van der Waals surface area contributed by atoms with E-state index in [1.807, 2.05) is 0 Å². The summed E-state index contributed by atoms with van der Waals surface area (Å²) in [7, 11) is 1.80. The van der Waals surface area contributed by atoms with Gasteiger partial charge in [0.2, 0.25) is 0 Å². The summed E-state index contributed by atoms with van der Waals surface area (Å²) in [5.74, 6) is -1.49. The second-order valence-electron chi connectivity index (χ2n) is 4.27. The van der Waals surface area contributed by atoms with E-state index in [1.54, 1.807) is 11.7 Å². The molecular weight excluding hydrogens is 206 g/mol. The zero-order valence-corrected chi connectivity index (χ0v) is 9.44. The van der Waals surface area contributed by atoms with Crippen molar-refractivity contribution < 1.29 is 9.90 Å². The van der Waals surface area contributed by atoms with Crippen LogP contribution in [0.25, 0.3) is 0 Å². The first kappa shape index (κ1) is 11.1. The van der Waals surface area contributed by atoms with Crippen molar-refractivity contribution in [1.82, 2.24) is 9.78 Å². The van der Waals surface area contributed by atoms with Gasteiger partial charge in [0, 0.05) is 13.6 Å². The maximum Gasteiger partial charge on any atom is 0.313 e. The summed E-state index contributed by atoms with van der Waals surface area (Å²) in [5.41, 5.74) is 8.52. The van der Waals surface area contributed by atoms with Gasteiger partial charge in [-0.3, -0.25) is 9.48 Å². The second-order valence-corrected chi connectivity index (χ2v) is 4.27. The first-order valence-electron chi connectivity index (χ1n) is 5.62. The van der Waals surface area contributed by atoms with Gasteiger partial charge in [0.1, 0.15) is 5.92 Å². The molecule has 0 aliphatic heterocycles. The minimum Gasteiger partial charge on any atom is -0.481 e. The Kier molecular flexibility index (Phi) is 2.96. The summed E-state index contributed by atoms with van der Waals surface area (Å²) < 4.78 is 1.70. The Morgan fingerprint density at radius 3 is 2.88 bits per heavy atom. The van der Waals surface area contributed by atoms with Crippen LogP contribution in [0, 0.1) is 0 Å². The number of hydrogen-bond acceptors (Lipinski definition) is 3. The van der Waals surface area contributed by atoms with Gasteiger partial charge in [0.25, 0.3) is 0 Å². The molecule has 1 heterocycles. The average molecular weight is 223 g/mol. The van der Waals surface area contributed by atoms with Crippen molar-refractivity contribution in [3.8, 4) is 0 Å². The third-order valence-corrected chi connectivity index (χ3v) is 3.23. The van der Waals surface area contributed by atoms with Crippen molar-refractivity contribution in [2.45, 2.75) is 31.6 Å². The van der Waals surface area contributed by atoms with Crippen molar-refractivity contribution >= 4 is 5.97 Å². The molecule has 0 saturated carbocycles. The Morgan fingerprint density at radius 2 is 2.25 bits per heavy atom. The highest BCUT2D eigenvalue weighted by Gasteiger charge is 2.28. The molecule has 1 unspecified atom stereocenters. The number of rotatable bonds is 3. The Morgan fingerprint density at radius 1 is 1.56 bits per heavy atom. The Hall–Kier alpha value is -1.36. The van der Waals surface area contributed by atoms with Crippen LogP contribution < -0.4 is 5.73 Å². The lowest BCUT2D eigenvalue weighted by Crippen LogP contribution is -2.24. The Labute approximate surface area is 94.2 Å². The second kappa shape index (κ2) is 4.25. The van der Waals surface area contributed by atoms with Gasteiger partial charge in [0.15, 0.2) is 0 Å². The fourth-order valence-electron chi connectivity index (χ4n) is 2.47. The van der Waals surface area contributed by atoms with Crippen LogP contribution in [0.2, 0.25) is 0 Å². The third kappa shape index (κ3) is 1.71. The van der Waals surface area contributed by atoms with Crippen LogP contribution in [-0.2, 0) is 24.7 Å². The van der Waals surface area contributed by atoms with Crippen molar-refractivity contribution in [3.63, 3.8) is 0 Å². The lowest BCUT2D eigenvalue weighted by atomic mass is 9.91. The van der Waals surface area contributed by atoms with E-state index in [0.29, 0.717) is 0 Å². The molecule has 5 heteroatoms. The SMILES string of the molecule is Cn1nc2c(c1C(CN)C(=O)O)CCCC2. The molecule has 16 heavy (non-hydrogen) atoms. The largest absolute Gasteiger partial charge is 0.481 e. The topological polar surface area (TPSA) is 81.1 Å². The monoisotopic (exact) mass is 223 g/mol. The van der Waals surface area contributed by atoms with Crippen LogP contribution in [0.1, 0.15) is 35.7 Å². The molecule has 5 nitrogen and oxygen atoms in total. The highest BCUT2D eigenvalue weighted by atomic mass is 16.4. The predicted octanol–water partition coefficient (Wildman–Crippen LogP) is 0.426. The zero-order valence-electron chi connectivity index (χ0n) is 9.44. The standard InChI is InChI=1S/C11H17N3O2/c1-14-10(8(6-12)11(15)16)7-4-2-3-5-9(7)13-14/h8H,2-6,12H2,1H3,(H,15,16). The average Bonchev–Trinajstić information content (AvgIpc) is 2.57. The van der Waals surface area contributed by atoms with E-state index in [9.17, 15) is 4.79 Å². The minimum absolute atomic E-state index is 0.126. The summed E-state index contributed by atoms with van der Waals surface area (Å²) >= 11 is 0. The van der Waals surface area contributed by atoms with Crippen LogP contribution in [0.5, 0.6) is 0 Å². The maximum absolute atomic E-state index is 11.1. The number of aryl methyl sites for hydroxylation is 2. The molecule has 0 saturated heterocycles. The zero-order chi connectivity index (χ0) is 11.7. The van der Waals surface area contributed by atoms with Crippen molar-refractivity contribution in [2.75, 3.05) is 6.54 Å². The van der Waals surface area contributed by atoms with Crippen LogP contribution >= 0.6 is 0 Å². The Bertz CT molecular complexity index is 412. The maximum atomic E-state index is 11.1. The van der Waals surface area contributed by atoms with E-state index in [1.165, 1.54) is 0 Å². The summed E-state index contributed by atoms with van der Waals surface area (Å²) in [6.07, 6.45) is 4.15. The summed E-state index contributed by atoms with van der Waals surface area (Å²) in [4.78, 5) is 11.1. The highest BCUT2D eigenvalue weighted by Crippen LogP contribution is 2.28. The molecule has 1 aliphatic rings. The normalized spacial score (nSPS) is 16.9. The highest BCUT2D eigenvalue weighted by molar-refractivity contribution is 5.76. The van der Waals surface area contributed by atoms with Gasteiger partial charge >= 0.3 is 5.97 Å². The van der Waals surface area contributed by atoms with Gasteiger partial charge in [0.05, 0.1) is 11.4 Å². The molecular formula is C11H17N3O2. The van der Waals surface area contributed by atoms with E-state index in [-0.39, 0.29) is 6.54 Å². The number of nitrogens with zero attached hydrogens (tertiary/aromatic N) is 2. The first-order chi connectivity index (χ1) is 7.65. The smallest absolute Gasteiger partial charge is 0.313 e. The summed E-state index contributed by atoms with van der Waals surface area (Å²) in [6, 6.07) is 0. The molecule has 0 bridgehead atoms. The number of nitrogens with two attached hydrogens (primary N) is 1. The van der Waals surface area contributed by atoms with E-state index in [0.717, 1.165) is 42.6 Å². The minimum atomic E-state index is -0.862. The lowest BCUT2D eigenvalue weighted by molar-refractivity contribution is -0.138. The van der Waals surface area contributed by atoms with Crippen molar-refractivity contribution in [3.05, 3.63) is 17.0 Å². The lowest BCUT2D eigenvalue weighted by Gasteiger charge is -2.15. The molecule has 0 fully saturated rings. The van der Waals surface area contributed by atoms with E-state index in [2.05, 4.69) is 5.10 Å². The number of fused-ring (bicyclic) bond motifs is 1. The van der Waals surface area contributed by atoms with Gasteiger partial charge in [-0.15, -0.1) is 0 Å². The molecule has 88 valence electrons. The molecule has 0 radical (unpaired) electrons. The molecule has 1 aromatic rings. The summed E-state index contributed by atoms with van der Waals surface area (Å²) in [6.45, 7) is 0.126. The molecule has 3 N–H and O–H groups in total. The van der Waals surface area contributed by atoms with Gasteiger partial charge in [-0.2, -0.15) is 5.10 Å². The number of carbonyl (C=O) groups is 1. The third-order valence-electron chi connectivity index (χ3n) is 3.23. The van der Waals surface area contributed by atoms with Gasteiger partial charge in [-0.05, 0) is 31.2 Å². The van der Waals surface area contributed by atoms with Gasteiger partial charge in [-0.1, -0.05) is 0 Å². The molecule has 1 aliphatic carbocycles. The number of hydrogen-bond donors (Lipinski definition) is 2. The van der Waals surface area contributed by atoms with Crippen LogP contribution in [0.4, 0.5) is 0 Å². The number of aliphatic carboxylic acids is 1. The fraction of sp³-hybridized carbons (Fsp3) is 0.636. The number of carboxylic acid groups (broad SMARTS) is 1. The quantitative estimate of drug-likeness (QED) is 0.778. The number of carboxylic acids is 1. The summed E-state index contributed by atoms with van der Waals surface area (Å²) in [5, 5.41) is 13.6. The van der Waals surface area contributed by atoms with Gasteiger partial charge < -0.3 is 10.8 Å². The van der Waals surface area contributed by atoms with Crippen LogP contribution in [-0.4, -0.2) is 27.4 Å². The molecule has 0 spiro atoms. The Balaban J connectivity index is 2.46. The molecule has 1 aromatic heterocycles. The van der Waals surface area contributed by atoms with Crippen molar-refractivity contribution in [1.29, 1.82) is 0 Å². The van der Waals surface area contributed by atoms with Crippen molar-refractivity contribution in [2.24, 2.45) is 12.8 Å². The van der Waals surface area contributed by atoms with Crippen LogP contribution in [0.15, 0.2) is 0 Å². The van der Waals surface area contributed by atoms with E-state index in [4.69, 9.17) is 10.8 Å². The number of aromatic nitrogens is 2. The van der Waals surface area contributed by atoms with Gasteiger partial charge in [-0.25, -0.2) is 0 Å².